The molecular weight excluding hydrogens is 556 g/mol. The summed E-state index contributed by atoms with van der Waals surface area (Å²) < 4.78 is 28.7. The molecule has 0 spiro atoms. The van der Waals surface area contributed by atoms with Crippen LogP contribution in [0.25, 0.3) is 0 Å². The zero-order valence-corrected chi connectivity index (χ0v) is 26.0. The summed E-state index contributed by atoms with van der Waals surface area (Å²) in [5.74, 6) is -1.54. The number of ether oxygens (including phenoxy) is 5. The number of ketones is 3. The Balaban J connectivity index is 0. The molecule has 2 aliphatic rings. The number of unbranched alkanes of at least 4 members (excludes halogenated alkanes) is 1. The number of rotatable bonds is 16. The highest BCUT2D eigenvalue weighted by Gasteiger charge is 2.47. The largest absolute Gasteiger partial charge is 1.00 e. The van der Waals surface area contributed by atoms with Crippen LogP contribution in [0.3, 0.4) is 0 Å². The van der Waals surface area contributed by atoms with Gasteiger partial charge in [0.15, 0.2) is 11.6 Å². The molecule has 13 heteroatoms. The van der Waals surface area contributed by atoms with Crippen LogP contribution < -0.4 is 0 Å². The van der Waals surface area contributed by atoms with E-state index in [0.717, 1.165) is 12.8 Å². The van der Waals surface area contributed by atoms with Gasteiger partial charge in [0, 0.05) is 32.1 Å². The van der Waals surface area contributed by atoms with Gasteiger partial charge in [-0.2, -0.15) is 0 Å². The Morgan fingerprint density at radius 1 is 0.786 bits per heavy atom. The van der Waals surface area contributed by atoms with E-state index in [2.05, 4.69) is 6.92 Å². The molecule has 2 rings (SSSR count). The summed E-state index contributed by atoms with van der Waals surface area (Å²) in [6.45, 7) is 10.5. The minimum atomic E-state index is -1.22. The highest BCUT2D eigenvalue weighted by atomic mass is 16.8. The van der Waals surface area contributed by atoms with Crippen LogP contribution in [-0.4, -0.2) is 113 Å². The Bertz CT molecular complexity index is 804. The molecule has 246 valence electrons. The Morgan fingerprint density at radius 3 is 1.55 bits per heavy atom. The predicted octanol–water partition coefficient (Wildman–Crippen LogP) is 1.49. The van der Waals surface area contributed by atoms with Crippen molar-refractivity contribution in [2.45, 2.75) is 129 Å². The second-order valence-electron chi connectivity index (χ2n) is 10.9. The molecule has 0 radical (unpaired) electrons. The number of hydrogen-bond acceptors (Lipinski definition) is 13. The smallest absolute Gasteiger partial charge is 0.466 e. The van der Waals surface area contributed by atoms with Crippen molar-refractivity contribution >= 4 is 23.3 Å². The van der Waals surface area contributed by atoms with Crippen molar-refractivity contribution in [2.75, 3.05) is 33.0 Å². The van der Waals surface area contributed by atoms with Gasteiger partial charge >= 0.3 is 7.40 Å². The van der Waals surface area contributed by atoms with E-state index >= 15 is 0 Å². The normalized spacial score (nSPS) is 26.2. The lowest BCUT2D eigenvalue weighted by Crippen LogP contribution is -2.36. The number of Topliss-reactive ketones (excluding diaryl/α,β-unsaturated/α-hetero) is 3. The van der Waals surface area contributed by atoms with Gasteiger partial charge in [-0.15, -0.1) is 0 Å². The standard InChI is InChI=1S/C19H32O7.C6H10O2.C4H10O4/c1-5-6-11-22-17(21)8-10-19(4)24-13-16(26-19)15-12-23-18(3,25-15)9-7-14(2)20;1-5(7)3-4-6(2)8;5-1-3(7)4(8)2-6/h15-16H,5-13H2,1-4H3;3-4H2,1-2H3;3-8H,1-2H2/p+1. The molecule has 2 heterocycles. The third-order valence-electron chi connectivity index (χ3n) is 6.44. The van der Waals surface area contributed by atoms with Gasteiger partial charge in [0.2, 0.25) is 0 Å². The first kappa shape index (κ1) is 40.2. The van der Waals surface area contributed by atoms with Gasteiger partial charge in [-0.1, -0.05) is 13.3 Å². The molecule has 2 saturated heterocycles. The quantitative estimate of drug-likeness (QED) is 0.145. The molecule has 0 aromatic heterocycles. The summed E-state index contributed by atoms with van der Waals surface area (Å²) in [5.41, 5.74) is 0. The van der Waals surface area contributed by atoms with Gasteiger partial charge in [-0.05, 0) is 41.0 Å². The molecule has 42 heavy (non-hydrogen) atoms. The van der Waals surface area contributed by atoms with E-state index in [1.165, 1.54) is 13.8 Å². The minimum Gasteiger partial charge on any atom is -0.466 e. The average Bonchev–Trinajstić information content (AvgIpc) is 3.53. The van der Waals surface area contributed by atoms with Gasteiger partial charge < -0.3 is 58.5 Å². The lowest BCUT2D eigenvalue weighted by atomic mass is 10.1. The van der Waals surface area contributed by atoms with Crippen molar-refractivity contribution in [3.8, 4) is 0 Å². The van der Waals surface area contributed by atoms with Crippen molar-refractivity contribution in [1.82, 2.24) is 0 Å². The van der Waals surface area contributed by atoms with Crippen molar-refractivity contribution in [1.29, 1.82) is 0 Å². The van der Waals surface area contributed by atoms with E-state index in [1.807, 2.05) is 13.8 Å². The van der Waals surface area contributed by atoms with E-state index in [0.29, 0.717) is 51.9 Å². The first-order chi connectivity index (χ1) is 19.6. The fourth-order valence-electron chi connectivity index (χ4n) is 3.65. The number of aliphatic hydroxyl groups is 4. The molecule has 0 aromatic rings. The molecule has 13 nitrogen and oxygen atoms in total. The Hall–Kier alpha value is -1.84. The van der Waals surface area contributed by atoms with Crippen molar-refractivity contribution in [3.63, 3.8) is 0 Å². The van der Waals surface area contributed by atoms with Gasteiger partial charge in [-0.3, -0.25) is 4.79 Å². The lowest BCUT2D eigenvalue weighted by molar-refractivity contribution is -0.193. The summed E-state index contributed by atoms with van der Waals surface area (Å²) in [6.07, 6.45) is 1.35. The fraction of sp³-hybridized carbons (Fsp3) is 0.862. The van der Waals surface area contributed by atoms with Crippen molar-refractivity contribution in [3.05, 3.63) is 0 Å². The molecule has 6 atom stereocenters. The maximum Gasteiger partial charge on any atom is 1.00 e. The SMILES string of the molecule is CC(=O)CCC(C)=O.CCCCOC(=O)CCC1(C)OCC(C2COC(C)(CCC(C)=O)O2)O1.OCC(O)C(O)CO.[H+]. The summed E-state index contributed by atoms with van der Waals surface area (Å²) in [4.78, 5) is 43.3. The fourth-order valence-corrected chi connectivity index (χ4v) is 3.65. The summed E-state index contributed by atoms with van der Waals surface area (Å²) in [5, 5.41) is 33.2. The maximum atomic E-state index is 11.8. The Labute approximate surface area is 250 Å². The van der Waals surface area contributed by atoms with Crippen molar-refractivity contribution in [2.24, 2.45) is 0 Å². The lowest BCUT2D eigenvalue weighted by Gasteiger charge is -2.26. The molecule has 0 aromatic carbocycles. The highest BCUT2D eigenvalue weighted by Crippen LogP contribution is 2.36. The molecule has 0 saturated carbocycles. The first-order valence-corrected chi connectivity index (χ1v) is 14.5. The predicted molar refractivity (Wildman–Crippen MR) is 151 cm³/mol. The average molecular weight is 610 g/mol. The third-order valence-corrected chi connectivity index (χ3v) is 6.44. The molecule has 0 amide bonds. The van der Waals surface area contributed by atoms with Gasteiger partial charge in [0.25, 0.3) is 0 Å². The molecule has 0 bridgehead atoms. The monoisotopic (exact) mass is 609 g/mol. The Morgan fingerprint density at radius 2 is 1.19 bits per heavy atom. The van der Waals surface area contributed by atoms with Crippen LogP contribution in [0.15, 0.2) is 0 Å². The number of aliphatic hydroxyl groups excluding tert-OH is 4. The van der Waals surface area contributed by atoms with E-state index in [1.54, 1.807) is 6.92 Å². The molecular formula is C29H53O13+. The first-order valence-electron chi connectivity index (χ1n) is 14.5. The van der Waals surface area contributed by atoms with Crippen LogP contribution in [-0.2, 0) is 42.9 Å². The topological polar surface area (TPSA) is 195 Å². The van der Waals surface area contributed by atoms with E-state index < -0.39 is 37.0 Å². The second-order valence-corrected chi connectivity index (χ2v) is 10.9. The number of esters is 1. The van der Waals surface area contributed by atoms with Crippen LogP contribution in [0.4, 0.5) is 0 Å². The van der Waals surface area contributed by atoms with Gasteiger partial charge in [-0.25, -0.2) is 0 Å². The van der Waals surface area contributed by atoms with Crippen LogP contribution in [0.1, 0.15) is 94.3 Å². The number of carbonyl (C=O) groups is 4. The van der Waals surface area contributed by atoms with Gasteiger partial charge in [0.05, 0.1) is 39.5 Å². The van der Waals surface area contributed by atoms with Crippen LogP contribution >= 0.6 is 0 Å². The summed E-state index contributed by atoms with van der Waals surface area (Å²) in [7, 11) is 0. The zero-order valence-electron chi connectivity index (χ0n) is 27.0. The summed E-state index contributed by atoms with van der Waals surface area (Å²) in [6, 6.07) is 0. The van der Waals surface area contributed by atoms with Gasteiger partial charge in [0.1, 0.15) is 41.8 Å². The minimum absolute atomic E-state index is 0. The molecule has 4 N–H and O–H groups in total. The van der Waals surface area contributed by atoms with E-state index in [-0.39, 0.29) is 43.4 Å². The maximum absolute atomic E-state index is 11.8. The molecule has 0 aliphatic carbocycles. The molecule has 2 fully saturated rings. The zero-order chi connectivity index (χ0) is 32.3. The molecule has 2 aliphatic heterocycles. The van der Waals surface area contributed by atoms with E-state index in [9.17, 15) is 19.2 Å². The number of carbonyl (C=O) groups excluding carboxylic acids is 4. The molecule has 6 unspecified atom stereocenters. The van der Waals surface area contributed by atoms with Crippen LogP contribution in [0.2, 0.25) is 0 Å². The van der Waals surface area contributed by atoms with Crippen molar-refractivity contribution < 1.29 is 64.7 Å². The van der Waals surface area contributed by atoms with E-state index in [4.69, 9.17) is 44.1 Å². The van der Waals surface area contributed by atoms with Crippen LogP contribution in [0.5, 0.6) is 0 Å². The third kappa shape index (κ3) is 18.0. The van der Waals surface area contributed by atoms with Crippen LogP contribution in [0, 0.1) is 0 Å². The highest BCUT2D eigenvalue weighted by molar-refractivity contribution is 5.83. The Kier molecular flexibility index (Phi) is 20.0. The second kappa shape index (κ2) is 21.0. The number of hydrogen-bond donors (Lipinski definition) is 4. The summed E-state index contributed by atoms with van der Waals surface area (Å²) >= 11 is 0.